The molecule has 0 amide bonds. The first-order valence-corrected chi connectivity index (χ1v) is 7.29. The summed E-state index contributed by atoms with van der Waals surface area (Å²) in [5, 5.41) is 0. The number of rotatable bonds is 7. The summed E-state index contributed by atoms with van der Waals surface area (Å²) >= 11 is 0. The van der Waals surface area contributed by atoms with Gasteiger partial charge in [0.25, 0.3) is 5.56 Å². The molecular formula is C14H24ClN5O. The van der Waals surface area contributed by atoms with Crippen molar-refractivity contribution in [3.05, 3.63) is 23.0 Å². The van der Waals surface area contributed by atoms with Crippen LogP contribution >= 0.6 is 12.4 Å². The zero-order chi connectivity index (χ0) is 14.5. The van der Waals surface area contributed by atoms with Crippen molar-refractivity contribution in [2.45, 2.75) is 39.7 Å². The average Bonchev–Trinajstić information content (AvgIpc) is 2.89. The first-order chi connectivity index (χ1) is 9.67. The first kappa shape index (κ1) is 17.7. The van der Waals surface area contributed by atoms with Gasteiger partial charge in [-0.2, -0.15) is 0 Å². The van der Waals surface area contributed by atoms with Crippen LogP contribution in [0.3, 0.4) is 0 Å². The van der Waals surface area contributed by atoms with Gasteiger partial charge in [-0.05, 0) is 39.4 Å². The highest BCUT2D eigenvalue weighted by Crippen LogP contribution is 2.17. The Morgan fingerprint density at radius 3 is 2.71 bits per heavy atom. The summed E-state index contributed by atoms with van der Waals surface area (Å²) in [5.41, 5.74) is 0.913. The van der Waals surface area contributed by atoms with Gasteiger partial charge in [0.1, 0.15) is 0 Å². The van der Waals surface area contributed by atoms with E-state index in [4.69, 9.17) is 0 Å². The number of fused-ring (bicyclic) bond motifs is 1. The molecule has 0 bridgehead atoms. The Labute approximate surface area is 131 Å². The molecule has 2 aromatic heterocycles. The maximum Gasteiger partial charge on any atom is 0.278 e. The van der Waals surface area contributed by atoms with Crippen LogP contribution in [0.4, 0.5) is 0 Å². The number of nitrogens with zero attached hydrogens (tertiary/aromatic N) is 4. The third-order valence-corrected chi connectivity index (χ3v) is 3.83. The van der Waals surface area contributed by atoms with Crippen LogP contribution in [0.15, 0.2) is 17.4 Å². The van der Waals surface area contributed by atoms with Crippen LogP contribution in [0.5, 0.6) is 0 Å². The fourth-order valence-corrected chi connectivity index (χ4v) is 2.47. The predicted molar refractivity (Wildman–Crippen MR) is 87.1 cm³/mol. The molecule has 0 radical (unpaired) electrons. The van der Waals surface area contributed by atoms with Crippen LogP contribution < -0.4 is 5.56 Å². The van der Waals surface area contributed by atoms with Crippen LogP contribution in [-0.4, -0.2) is 44.1 Å². The van der Waals surface area contributed by atoms with Gasteiger partial charge in [0.05, 0.1) is 12.7 Å². The molecule has 118 valence electrons. The van der Waals surface area contributed by atoms with Crippen molar-refractivity contribution in [2.24, 2.45) is 0 Å². The van der Waals surface area contributed by atoms with E-state index >= 15 is 0 Å². The smallest absolute Gasteiger partial charge is 0.278 e. The lowest BCUT2D eigenvalue weighted by Crippen LogP contribution is -2.24. The van der Waals surface area contributed by atoms with Crippen molar-refractivity contribution in [1.82, 2.24) is 24.4 Å². The molecule has 7 heteroatoms. The van der Waals surface area contributed by atoms with Gasteiger partial charge in [0.15, 0.2) is 11.2 Å². The van der Waals surface area contributed by atoms with Crippen LogP contribution in [0.1, 0.15) is 39.7 Å². The van der Waals surface area contributed by atoms with Crippen molar-refractivity contribution in [3.63, 3.8) is 0 Å². The van der Waals surface area contributed by atoms with Crippen LogP contribution in [0, 0.1) is 0 Å². The quantitative estimate of drug-likeness (QED) is 0.851. The van der Waals surface area contributed by atoms with Crippen molar-refractivity contribution < 1.29 is 0 Å². The van der Waals surface area contributed by atoms with E-state index in [9.17, 15) is 4.79 Å². The van der Waals surface area contributed by atoms with Gasteiger partial charge >= 0.3 is 0 Å². The standard InChI is InChI=1S/C14H23N5O.ClH/c1-4-18(5-2)8-6-7-11(3)19-10-17-12-13(19)15-9-16-14(12)20;/h9-11H,4-8H2,1-3H3,(H,15,16,20);1H. The fraction of sp³-hybridized carbons (Fsp3) is 0.643. The number of aromatic amines is 1. The van der Waals surface area contributed by atoms with E-state index < -0.39 is 0 Å². The number of hydrogen-bond donors (Lipinski definition) is 1. The molecule has 1 atom stereocenters. The van der Waals surface area contributed by atoms with E-state index in [-0.39, 0.29) is 18.0 Å². The number of halogens is 1. The molecule has 0 spiro atoms. The minimum absolute atomic E-state index is 0. The monoisotopic (exact) mass is 313 g/mol. The first-order valence-electron chi connectivity index (χ1n) is 7.29. The largest absolute Gasteiger partial charge is 0.312 e. The van der Waals surface area contributed by atoms with Crippen molar-refractivity contribution in [1.29, 1.82) is 0 Å². The molecule has 0 saturated carbocycles. The van der Waals surface area contributed by atoms with Gasteiger partial charge in [-0.15, -0.1) is 12.4 Å². The normalized spacial score (nSPS) is 12.6. The molecule has 0 aliphatic heterocycles. The molecule has 0 aromatic carbocycles. The van der Waals surface area contributed by atoms with E-state index in [1.54, 1.807) is 6.33 Å². The van der Waals surface area contributed by atoms with Gasteiger partial charge in [-0.25, -0.2) is 9.97 Å². The zero-order valence-corrected chi connectivity index (χ0v) is 13.7. The van der Waals surface area contributed by atoms with Gasteiger partial charge in [-0.3, -0.25) is 4.79 Å². The highest BCUT2D eigenvalue weighted by molar-refractivity contribution is 5.85. The number of H-pyrrole nitrogens is 1. The summed E-state index contributed by atoms with van der Waals surface area (Å²) in [6, 6.07) is 0.296. The second kappa shape index (κ2) is 8.14. The zero-order valence-electron chi connectivity index (χ0n) is 12.9. The lowest BCUT2D eigenvalue weighted by molar-refractivity contribution is 0.288. The Bertz CT molecular complexity index is 605. The molecule has 0 aliphatic carbocycles. The predicted octanol–water partition coefficient (Wildman–Crippen LogP) is 2.22. The number of nitrogens with one attached hydrogen (secondary N) is 1. The second-order valence-electron chi connectivity index (χ2n) is 5.07. The second-order valence-corrected chi connectivity index (χ2v) is 5.07. The Morgan fingerprint density at radius 1 is 1.33 bits per heavy atom. The van der Waals surface area contributed by atoms with E-state index in [2.05, 4.69) is 40.6 Å². The van der Waals surface area contributed by atoms with Crippen LogP contribution in [-0.2, 0) is 0 Å². The maximum atomic E-state index is 11.6. The van der Waals surface area contributed by atoms with Gasteiger partial charge in [-0.1, -0.05) is 13.8 Å². The van der Waals surface area contributed by atoms with Crippen molar-refractivity contribution in [3.8, 4) is 0 Å². The highest BCUT2D eigenvalue weighted by Gasteiger charge is 2.12. The molecular weight excluding hydrogens is 290 g/mol. The maximum absolute atomic E-state index is 11.6. The van der Waals surface area contributed by atoms with E-state index in [0.29, 0.717) is 17.2 Å². The Hall–Kier alpha value is -1.40. The molecule has 2 aromatic rings. The van der Waals surface area contributed by atoms with Gasteiger partial charge in [0, 0.05) is 6.04 Å². The van der Waals surface area contributed by atoms with Crippen molar-refractivity contribution in [2.75, 3.05) is 19.6 Å². The van der Waals surface area contributed by atoms with E-state index in [1.165, 1.54) is 6.33 Å². The van der Waals surface area contributed by atoms with Gasteiger partial charge in [0.2, 0.25) is 0 Å². The third kappa shape index (κ3) is 4.04. The molecule has 2 heterocycles. The lowest BCUT2D eigenvalue weighted by Gasteiger charge is -2.19. The minimum Gasteiger partial charge on any atom is -0.312 e. The summed E-state index contributed by atoms with van der Waals surface area (Å²) in [4.78, 5) is 25.0. The SMILES string of the molecule is CCN(CC)CCCC(C)n1cnc2c(=O)[nH]cnc21.Cl. The molecule has 1 N–H and O–H groups in total. The molecule has 0 aliphatic rings. The Kier molecular flexibility index (Phi) is 6.84. The fourth-order valence-electron chi connectivity index (χ4n) is 2.47. The van der Waals surface area contributed by atoms with Gasteiger partial charge < -0.3 is 14.5 Å². The number of aromatic nitrogens is 4. The average molecular weight is 314 g/mol. The van der Waals surface area contributed by atoms with Crippen LogP contribution in [0.2, 0.25) is 0 Å². The topological polar surface area (TPSA) is 66.8 Å². The summed E-state index contributed by atoms with van der Waals surface area (Å²) in [7, 11) is 0. The minimum atomic E-state index is -0.177. The molecule has 1 unspecified atom stereocenters. The Balaban J connectivity index is 0.00000220. The summed E-state index contributed by atoms with van der Waals surface area (Å²) in [6.07, 6.45) is 5.34. The highest BCUT2D eigenvalue weighted by atomic mass is 35.5. The van der Waals surface area contributed by atoms with E-state index in [0.717, 1.165) is 32.5 Å². The number of hydrogen-bond acceptors (Lipinski definition) is 4. The molecule has 21 heavy (non-hydrogen) atoms. The summed E-state index contributed by atoms with van der Waals surface area (Å²) < 4.78 is 1.99. The van der Waals surface area contributed by atoms with E-state index in [1.807, 2.05) is 4.57 Å². The third-order valence-electron chi connectivity index (χ3n) is 3.83. The van der Waals surface area contributed by atoms with Crippen LogP contribution in [0.25, 0.3) is 11.2 Å². The Morgan fingerprint density at radius 2 is 2.05 bits per heavy atom. The number of imidazole rings is 1. The molecule has 0 fully saturated rings. The summed E-state index contributed by atoms with van der Waals surface area (Å²) in [6.45, 7) is 9.81. The van der Waals surface area contributed by atoms with Crippen molar-refractivity contribution >= 4 is 23.6 Å². The molecule has 6 nitrogen and oxygen atoms in total. The molecule has 2 rings (SSSR count). The summed E-state index contributed by atoms with van der Waals surface area (Å²) in [5.74, 6) is 0. The lowest BCUT2D eigenvalue weighted by atomic mass is 10.1. The molecule has 0 saturated heterocycles.